The molecule has 1 aromatic rings. The van der Waals surface area contributed by atoms with Crippen LogP contribution in [0.3, 0.4) is 0 Å². The van der Waals surface area contributed by atoms with Crippen molar-refractivity contribution in [3.05, 3.63) is 16.1 Å². The lowest BCUT2D eigenvalue weighted by Gasteiger charge is -2.17. The number of amides is 2. The molecule has 2 amide bonds. The molecule has 0 atom stereocenters. The van der Waals surface area contributed by atoms with Crippen LogP contribution in [0.4, 0.5) is 4.79 Å². The number of hydrogen-bond acceptors (Lipinski definition) is 4. The van der Waals surface area contributed by atoms with Crippen LogP contribution in [0.5, 0.6) is 0 Å². The van der Waals surface area contributed by atoms with E-state index in [1.807, 2.05) is 6.92 Å². The highest BCUT2D eigenvalue weighted by atomic mass is 32.1. The Balaban J connectivity index is 2.10. The van der Waals surface area contributed by atoms with Crippen molar-refractivity contribution in [3.8, 4) is 0 Å². The first-order valence-corrected chi connectivity index (χ1v) is 7.98. The number of carbonyl (C=O) groups is 2. The Morgan fingerprint density at radius 3 is 2.67 bits per heavy atom. The van der Waals surface area contributed by atoms with Gasteiger partial charge in [0.15, 0.2) is 0 Å². The summed E-state index contributed by atoms with van der Waals surface area (Å²) in [6.45, 7) is 3.13. The quantitative estimate of drug-likeness (QED) is 0.687. The smallest absolute Gasteiger partial charge is 0.317 e. The van der Waals surface area contributed by atoms with Gasteiger partial charge in [-0.1, -0.05) is 12.8 Å². The van der Waals surface area contributed by atoms with Gasteiger partial charge in [0, 0.05) is 24.9 Å². The standard InChI is InChI=1S/C14H23N3O3S/c1-11-12(21-10-16-11)9-17(2)14(20)15-8-6-4-3-5-7-13(18)19/h10H,3-9H2,1-2H3,(H,15,20)(H,18,19). The fraction of sp³-hybridized carbons (Fsp3) is 0.643. The fourth-order valence-corrected chi connectivity index (χ4v) is 2.68. The van der Waals surface area contributed by atoms with Gasteiger partial charge >= 0.3 is 12.0 Å². The predicted octanol–water partition coefficient (Wildman–Crippen LogP) is 2.63. The maximum absolute atomic E-state index is 11.9. The number of aryl methyl sites for hydroxylation is 1. The molecule has 0 saturated carbocycles. The lowest BCUT2D eigenvalue weighted by molar-refractivity contribution is -0.137. The number of rotatable bonds is 9. The van der Waals surface area contributed by atoms with Crippen molar-refractivity contribution < 1.29 is 14.7 Å². The van der Waals surface area contributed by atoms with Crippen LogP contribution < -0.4 is 5.32 Å². The summed E-state index contributed by atoms with van der Waals surface area (Å²) in [6, 6.07) is -0.0895. The Morgan fingerprint density at radius 1 is 1.33 bits per heavy atom. The second-order valence-electron chi connectivity index (χ2n) is 5.01. The Morgan fingerprint density at radius 2 is 2.05 bits per heavy atom. The molecule has 21 heavy (non-hydrogen) atoms. The Kier molecular flexibility index (Phi) is 7.74. The van der Waals surface area contributed by atoms with Gasteiger partial charge in [0.05, 0.1) is 17.7 Å². The average Bonchev–Trinajstić information content (AvgIpc) is 2.82. The van der Waals surface area contributed by atoms with Crippen LogP contribution in [0.25, 0.3) is 0 Å². The summed E-state index contributed by atoms with van der Waals surface area (Å²) in [5.41, 5.74) is 2.76. The van der Waals surface area contributed by atoms with Crippen molar-refractivity contribution in [3.63, 3.8) is 0 Å². The molecule has 0 radical (unpaired) electrons. The van der Waals surface area contributed by atoms with E-state index in [0.717, 1.165) is 29.8 Å². The van der Waals surface area contributed by atoms with E-state index in [0.29, 0.717) is 19.5 Å². The van der Waals surface area contributed by atoms with Crippen molar-refractivity contribution in [2.75, 3.05) is 13.6 Å². The first kappa shape index (κ1) is 17.4. The van der Waals surface area contributed by atoms with Crippen LogP contribution >= 0.6 is 11.3 Å². The van der Waals surface area contributed by atoms with Gasteiger partial charge in [-0.2, -0.15) is 0 Å². The van der Waals surface area contributed by atoms with E-state index in [1.54, 1.807) is 28.8 Å². The highest BCUT2D eigenvalue weighted by molar-refractivity contribution is 7.09. The number of unbranched alkanes of at least 4 members (excludes halogenated alkanes) is 3. The van der Waals surface area contributed by atoms with Crippen LogP contribution in [0.1, 0.15) is 42.7 Å². The molecule has 1 heterocycles. The predicted molar refractivity (Wildman–Crippen MR) is 82.4 cm³/mol. The minimum Gasteiger partial charge on any atom is -0.481 e. The van der Waals surface area contributed by atoms with Crippen molar-refractivity contribution in [2.45, 2.75) is 45.6 Å². The second kappa shape index (κ2) is 9.33. The third kappa shape index (κ3) is 7.08. The third-order valence-electron chi connectivity index (χ3n) is 3.17. The van der Waals surface area contributed by atoms with Gasteiger partial charge in [0.25, 0.3) is 0 Å². The zero-order valence-corrected chi connectivity index (χ0v) is 13.4. The molecule has 118 valence electrons. The van der Waals surface area contributed by atoms with E-state index in [1.165, 1.54) is 0 Å². The maximum Gasteiger partial charge on any atom is 0.317 e. The molecule has 1 aromatic heterocycles. The second-order valence-corrected chi connectivity index (χ2v) is 5.95. The van der Waals surface area contributed by atoms with Crippen molar-refractivity contribution in [2.24, 2.45) is 0 Å². The first-order chi connectivity index (χ1) is 10.0. The summed E-state index contributed by atoms with van der Waals surface area (Å²) in [7, 11) is 1.77. The third-order valence-corrected chi connectivity index (χ3v) is 4.09. The molecule has 0 aliphatic carbocycles. The molecule has 0 unspecified atom stereocenters. The topological polar surface area (TPSA) is 82.5 Å². The summed E-state index contributed by atoms with van der Waals surface area (Å²) in [5.74, 6) is -0.747. The summed E-state index contributed by atoms with van der Waals surface area (Å²) >= 11 is 1.55. The summed E-state index contributed by atoms with van der Waals surface area (Å²) in [6.07, 6.45) is 3.62. The number of carbonyl (C=O) groups excluding carboxylic acids is 1. The van der Waals surface area contributed by atoms with Gasteiger partial charge in [-0.05, 0) is 19.8 Å². The van der Waals surface area contributed by atoms with Crippen LogP contribution in [0.15, 0.2) is 5.51 Å². The zero-order chi connectivity index (χ0) is 15.7. The highest BCUT2D eigenvalue weighted by Gasteiger charge is 2.11. The van der Waals surface area contributed by atoms with E-state index < -0.39 is 5.97 Å². The monoisotopic (exact) mass is 313 g/mol. The number of carboxylic acids is 1. The molecule has 1 rings (SSSR count). The minimum atomic E-state index is -0.747. The molecule has 0 saturated heterocycles. The summed E-state index contributed by atoms with van der Waals surface area (Å²) in [5, 5.41) is 11.4. The van der Waals surface area contributed by atoms with Crippen molar-refractivity contribution in [1.82, 2.24) is 15.2 Å². The van der Waals surface area contributed by atoms with Crippen LogP contribution in [0, 0.1) is 6.92 Å². The SMILES string of the molecule is Cc1ncsc1CN(C)C(=O)NCCCCCCC(=O)O. The number of aliphatic carboxylic acids is 1. The van der Waals surface area contributed by atoms with E-state index in [9.17, 15) is 9.59 Å². The maximum atomic E-state index is 11.9. The van der Waals surface area contributed by atoms with Gasteiger partial charge < -0.3 is 15.3 Å². The van der Waals surface area contributed by atoms with Gasteiger partial charge in [-0.25, -0.2) is 9.78 Å². The Hall–Kier alpha value is -1.63. The van der Waals surface area contributed by atoms with Crippen LogP contribution in [-0.4, -0.2) is 40.6 Å². The van der Waals surface area contributed by atoms with Gasteiger partial charge in [-0.3, -0.25) is 4.79 Å². The molecule has 0 spiro atoms. The van der Waals surface area contributed by atoms with E-state index in [4.69, 9.17) is 5.11 Å². The lowest BCUT2D eigenvalue weighted by atomic mass is 10.1. The number of nitrogens with zero attached hydrogens (tertiary/aromatic N) is 2. The largest absolute Gasteiger partial charge is 0.481 e. The molecule has 0 fully saturated rings. The normalized spacial score (nSPS) is 10.4. The molecule has 0 aromatic carbocycles. The minimum absolute atomic E-state index is 0.0895. The number of aromatic nitrogens is 1. The Bertz CT molecular complexity index is 462. The molecule has 0 aliphatic rings. The average molecular weight is 313 g/mol. The molecule has 6 nitrogen and oxygen atoms in total. The number of thiazole rings is 1. The van der Waals surface area contributed by atoms with Gasteiger partial charge in [0.1, 0.15) is 0 Å². The van der Waals surface area contributed by atoms with E-state index >= 15 is 0 Å². The number of hydrogen-bond donors (Lipinski definition) is 2. The van der Waals surface area contributed by atoms with Crippen molar-refractivity contribution in [1.29, 1.82) is 0 Å². The lowest BCUT2D eigenvalue weighted by Crippen LogP contribution is -2.37. The van der Waals surface area contributed by atoms with Crippen molar-refractivity contribution >= 4 is 23.3 Å². The van der Waals surface area contributed by atoms with Gasteiger partial charge in [-0.15, -0.1) is 11.3 Å². The first-order valence-electron chi connectivity index (χ1n) is 7.10. The zero-order valence-electron chi connectivity index (χ0n) is 12.6. The number of urea groups is 1. The number of nitrogens with one attached hydrogen (secondary N) is 1. The molecule has 0 bridgehead atoms. The molecular weight excluding hydrogens is 290 g/mol. The molecule has 2 N–H and O–H groups in total. The van der Waals surface area contributed by atoms with Gasteiger partial charge in [0.2, 0.25) is 0 Å². The van der Waals surface area contributed by atoms with E-state index in [2.05, 4.69) is 10.3 Å². The molecular formula is C14H23N3O3S. The summed E-state index contributed by atoms with van der Waals surface area (Å²) < 4.78 is 0. The van der Waals surface area contributed by atoms with Crippen LogP contribution in [-0.2, 0) is 11.3 Å². The highest BCUT2D eigenvalue weighted by Crippen LogP contribution is 2.14. The molecule has 7 heteroatoms. The number of carboxylic acid groups (broad SMARTS) is 1. The van der Waals surface area contributed by atoms with E-state index in [-0.39, 0.29) is 12.5 Å². The fourth-order valence-electron chi connectivity index (χ4n) is 1.85. The molecule has 0 aliphatic heterocycles. The Labute approximate surface area is 129 Å². The van der Waals surface area contributed by atoms with Crippen LogP contribution in [0.2, 0.25) is 0 Å². The summed E-state index contributed by atoms with van der Waals surface area (Å²) in [4.78, 5) is 29.1.